The second kappa shape index (κ2) is 8.84. The van der Waals surface area contributed by atoms with Crippen LogP contribution in [0.25, 0.3) is 6.08 Å². The highest BCUT2D eigenvalue weighted by Crippen LogP contribution is 2.32. The number of likely N-dealkylation sites (tertiary alicyclic amines) is 1. The van der Waals surface area contributed by atoms with Crippen LogP contribution in [0.15, 0.2) is 36.4 Å². The van der Waals surface area contributed by atoms with E-state index in [0.29, 0.717) is 6.42 Å². The van der Waals surface area contributed by atoms with E-state index in [0.717, 1.165) is 10.5 Å². The summed E-state index contributed by atoms with van der Waals surface area (Å²) in [6.45, 7) is -0.597. The molecular weight excluding hydrogens is 351 g/mol. The van der Waals surface area contributed by atoms with Crippen molar-refractivity contribution in [2.45, 2.75) is 37.5 Å². The van der Waals surface area contributed by atoms with Crippen molar-refractivity contribution in [3.05, 3.63) is 42.0 Å². The number of hydrogen-bond donors (Lipinski definition) is 1. The molecular formula is C18H20F3NO4. The molecule has 0 aliphatic carbocycles. The summed E-state index contributed by atoms with van der Waals surface area (Å²) in [6.07, 6.45) is -1.55. The number of aliphatic hydroxyl groups excluding tert-OH is 1. The summed E-state index contributed by atoms with van der Waals surface area (Å²) in [7, 11) is 0. The molecule has 2 rings (SSSR count). The van der Waals surface area contributed by atoms with Gasteiger partial charge in [-0.25, -0.2) is 0 Å². The van der Waals surface area contributed by atoms with Crippen molar-refractivity contribution in [2.24, 2.45) is 0 Å². The Labute approximate surface area is 149 Å². The van der Waals surface area contributed by atoms with Crippen molar-refractivity contribution in [3.63, 3.8) is 0 Å². The maximum absolute atomic E-state index is 13.0. The largest absolute Gasteiger partial charge is 0.471 e. The van der Waals surface area contributed by atoms with Gasteiger partial charge >= 0.3 is 18.1 Å². The minimum atomic E-state index is -5.02. The Bertz CT molecular complexity index is 646. The molecule has 1 heterocycles. The summed E-state index contributed by atoms with van der Waals surface area (Å²) in [6, 6.07) is 7.37. The van der Waals surface area contributed by atoms with Gasteiger partial charge in [-0.05, 0) is 18.4 Å². The Morgan fingerprint density at radius 3 is 2.54 bits per heavy atom. The normalized spacial score (nSPS) is 20.5. The SMILES string of the molecule is O=C(C[C@@H]1CC[C@H](/C=C/c2ccccc2)N1C(=O)C(F)(F)F)OCCO. The maximum atomic E-state index is 13.0. The summed E-state index contributed by atoms with van der Waals surface area (Å²) in [4.78, 5) is 24.3. The molecule has 26 heavy (non-hydrogen) atoms. The molecule has 1 aliphatic rings. The number of aliphatic hydroxyl groups is 1. The van der Waals surface area contributed by atoms with E-state index in [-0.39, 0.29) is 26.1 Å². The van der Waals surface area contributed by atoms with E-state index in [1.165, 1.54) is 0 Å². The van der Waals surface area contributed by atoms with Gasteiger partial charge in [0.1, 0.15) is 6.61 Å². The molecule has 142 valence electrons. The third kappa shape index (κ3) is 5.32. The molecule has 1 amide bonds. The Morgan fingerprint density at radius 1 is 1.23 bits per heavy atom. The summed E-state index contributed by atoms with van der Waals surface area (Å²) in [5, 5.41) is 8.64. The molecule has 1 aromatic rings. The van der Waals surface area contributed by atoms with Crippen molar-refractivity contribution in [3.8, 4) is 0 Å². The Hall–Kier alpha value is -2.35. The van der Waals surface area contributed by atoms with Crippen LogP contribution in [-0.2, 0) is 14.3 Å². The smallest absolute Gasteiger partial charge is 0.463 e. The predicted octanol–water partition coefficient (Wildman–Crippen LogP) is 2.55. The van der Waals surface area contributed by atoms with Gasteiger partial charge in [-0.15, -0.1) is 0 Å². The van der Waals surface area contributed by atoms with Gasteiger partial charge in [0, 0.05) is 6.04 Å². The second-order valence-corrected chi connectivity index (χ2v) is 5.93. The van der Waals surface area contributed by atoms with Crippen molar-refractivity contribution >= 4 is 18.0 Å². The molecule has 0 spiro atoms. The maximum Gasteiger partial charge on any atom is 0.471 e. The number of nitrogens with zero attached hydrogens (tertiary/aromatic N) is 1. The predicted molar refractivity (Wildman–Crippen MR) is 87.8 cm³/mol. The number of hydrogen-bond acceptors (Lipinski definition) is 4. The van der Waals surface area contributed by atoms with Crippen LogP contribution in [0, 0.1) is 0 Å². The third-order valence-electron chi connectivity index (χ3n) is 4.09. The van der Waals surface area contributed by atoms with Gasteiger partial charge in [-0.1, -0.05) is 42.5 Å². The number of rotatable bonds is 6. The van der Waals surface area contributed by atoms with E-state index >= 15 is 0 Å². The van der Waals surface area contributed by atoms with Crippen LogP contribution in [0.5, 0.6) is 0 Å². The van der Waals surface area contributed by atoms with E-state index in [1.807, 2.05) is 6.07 Å². The quantitative estimate of drug-likeness (QED) is 0.781. The van der Waals surface area contributed by atoms with E-state index in [2.05, 4.69) is 0 Å². The van der Waals surface area contributed by atoms with Crippen LogP contribution in [0.3, 0.4) is 0 Å². The van der Waals surface area contributed by atoms with E-state index < -0.39 is 30.1 Å². The summed E-state index contributed by atoms with van der Waals surface area (Å²) in [5.74, 6) is -2.70. The van der Waals surface area contributed by atoms with Crippen molar-refractivity contribution in [2.75, 3.05) is 13.2 Å². The number of alkyl halides is 3. The van der Waals surface area contributed by atoms with Crippen molar-refractivity contribution < 1.29 is 32.6 Å². The van der Waals surface area contributed by atoms with Gasteiger partial charge in [-0.3, -0.25) is 9.59 Å². The molecule has 1 N–H and O–H groups in total. The first-order chi connectivity index (χ1) is 12.3. The highest BCUT2D eigenvalue weighted by atomic mass is 19.4. The fourth-order valence-electron chi connectivity index (χ4n) is 2.96. The van der Waals surface area contributed by atoms with Crippen LogP contribution in [0.4, 0.5) is 13.2 Å². The lowest BCUT2D eigenvalue weighted by Gasteiger charge is -2.29. The lowest BCUT2D eigenvalue weighted by molar-refractivity contribution is -0.188. The third-order valence-corrected chi connectivity index (χ3v) is 4.09. The van der Waals surface area contributed by atoms with Gasteiger partial charge in [0.15, 0.2) is 0 Å². The molecule has 2 atom stereocenters. The number of carbonyl (C=O) groups excluding carboxylic acids is 2. The lowest BCUT2D eigenvalue weighted by Crippen LogP contribution is -2.48. The van der Waals surface area contributed by atoms with Crippen molar-refractivity contribution in [1.29, 1.82) is 0 Å². The van der Waals surface area contributed by atoms with Gasteiger partial charge in [-0.2, -0.15) is 13.2 Å². The molecule has 8 heteroatoms. The average Bonchev–Trinajstić information content (AvgIpc) is 2.99. The molecule has 1 fully saturated rings. The standard InChI is InChI=1S/C18H20F3NO4/c19-18(20,21)17(25)22-14(7-6-13-4-2-1-3-5-13)8-9-15(22)12-16(24)26-11-10-23/h1-7,14-15,23H,8-12H2/b7-6+/t14-,15-/m0/s1. The molecule has 0 bridgehead atoms. The van der Waals surface area contributed by atoms with Gasteiger partial charge in [0.2, 0.25) is 0 Å². The zero-order valence-corrected chi connectivity index (χ0v) is 14.0. The zero-order chi connectivity index (χ0) is 19.2. The number of ether oxygens (including phenoxy) is 1. The Balaban J connectivity index is 2.15. The minimum absolute atomic E-state index is 0.226. The summed E-state index contributed by atoms with van der Waals surface area (Å²) in [5.41, 5.74) is 0.803. The monoisotopic (exact) mass is 371 g/mol. The second-order valence-electron chi connectivity index (χ2n) is 5.93. The highest BCUT2D eigenvalue weighted by molar-refractivity contribution is 5.84. The highest BCUT2D eigenvalue weighted by Gasteiger charge is 2.49. The number of halogens is 3. The molecule has 5 nitrogen and oxygen atoms in total. The average molecular weight is 371 g/mol. The first-order valence-electron chi connectivity index (χ1n) is 8.22. The number of benzene rings is 1. The topological polar surface area (TPSA) is 66.8 Å². The minimum Gasteiger partial charge on any atom is -0.463 e. The van der Waals surface area contributed by atoms with Crippen LogP contribution < -0.4 is 0 Å². The molecule has 1 aliphatic heterocycles. The fourth-order valence-corrected chi connectivity index (χ4v) is 2.96. The molecule has 1 aromatic carbocycles. The summed E-state index contributed by atoms with van der Waals surface area (Å²) < 4.78 is 43.7. The van der Waals surface area contributed by atoms with Crippen LogP contribution in [-0.4, -0.2) is 53.4 Å². The molecule has 0 aromatic heterocycles. The van der Waals surface area contributed by atoms with Crippen LogP contribution in [0.1, 0.15) is 24.8 Å². The zero-order valence-electron chi connectivity index (χ0n) is 14.0. The molecule has 0 saturated carbocycles. The van der Waals surface area contributed by atoms with Crippen molar-refractivity contribution in [1.82, 2.24) is 4.90 Å². The van der Waals surface area contributed by atoms with Crippen LogP contribution >= 0.6 is 0 Å². The lowest BCUT2D eigenvalue weighted by atomic mass is 10.1. The van der Waals surface area contributed by atoms with Gasteiger partial charge in [0.25, 0.3) is 0 Å². The first kappa shape index (κ1) is 20.0. The van der Waals surface area contributed by atoms with E-state index in [4.69, 9.17) is 9.84 Å². The van der Waals surface area contributed by atoms with Gasteiger partial charge in [0.05, 0.1) is 19.1 Å². The number of carbonyl (C=O) groups is 2. The Morgan fingerprint density at radius 2 is 1.92 bits per heavy atom. The van der Waals surface area contributed by atoms with E-state index in [1.54, 1.807) is 36.4 Å². The number of esters is 1. The molecule has 0 radical (unpaired) electrons. The van der Waals surface area contributed by atoms with Crippen LogP contribution in [0.2, 0.25) is 0 Å². The van der Waals surface area contributed by atoms with E-state index in [9.17, 15) is 22.8 Å². The number of amides is 1. The fraction of sp³-hybridized carbons (Fsp3) is 0.444. The summed E-state index contributed by atoms with van der Waals surface area (Å²) >= 11 is 0. The molecule has 0 unspecified atom stereocenters. The van der Waals surface area contributed by atoms with Gasteiger partial charge < -0.3 is 14.7 Å². The first-order valence-corrected chi connectivity index (χ1v) is 8.22. The Kier molecular flexibility index (Phi) is 6.79. The molecule has 1 saturated heterocycles.